The Balaban J connectivity index is 1.96. The molecule has 3 heteroatoms. The number of aromatic nitrogens is 1. The van der Waals surface area contributed by atoms with Crippen LogP contribution < -0.4 is 0 Å². The lowest BCUT2D eigenvalue weighted by Crippen LogP contribution is -2.13. The van der Waals surface area contributed by atoms with Gasteiger partial charge in [0.25, 0.3) is 0 Å². The Morgan fingerprint density at radius 2 is 2.05 bits per heavy atom. The highest BCUT2D eigenvalue weighted by molar-refractivity contribution is 6.14. The second-order valence-corrected chi connectivity index (χ2v) is 5.15. The monoisotopic (exact) mass is 279 g/mol. The number of Topliss-reactive ketones (excluding diaryl/α,β-unsaturated/α-hetero) is 1. The van der Waals surface area contributed by atoms with E-state index in [0.717, 1.165) is 41.7 Å². The van der Waals surface area contributed by atoms with Crippen molar-refractivity contribution in [1.82, 2.24) is 4.98 Å². The van der Waals surface area contributed by atoms with Crippen LogP contribution >= 0.6 is 0 Å². The van der Waals surface area contributed by atoms with Gasteiger partial charge in [0.2, 0.25) is 0 Å². The van der Waals surface area contributed by atoms with Crippen molar-refractivity contribution in [1.29, 1.82) is 0 Å². The number of hydrogen-bond acceptors (Lipinski definition) is 3. The molecule has 0 fully saturated rings. The van der Waals surface area contributed by atoms with Gasteiger partial charge in [-0.05, 0) is 55.2 Å². The molecule has 0 N–H and O–H groups in total. The fourth-order valence-electron chi connectivity index (χ4n) is 2.68. The van der Waals surface area contributed by atoms with Crippen LogP contribution in [-0.4, -0.2) is 17.9 Å². The molecule has 0 amide bonds. The number of carbonyl (C=O) groups is 1. The molecule has 0 bridgehead atoms. The Labute approximate surface area is 124 Å². The SMILES string of the molecule is COC1=CC2=C(CC=C1)CCC(=Cc1ccncc1)C2=O. The summed E-state index contributed by atoms with van der Waals surface area (Å²) in [6.07, 6.45) is 13.8. The van der Waals surface area contributed by atoms with Crippen molar-refractivity contribution in [2.24, 2.45) is 0 Å². The Morgan fingerprint density at radius 1 is 1.24 bits per heavy atom. The summed E-state index contributed by atoms with van der Waals surface area (Å²) < 4.78 is 5.28. The van der Waals surface area contributed by atoms with E-state index in [0.29, 0.717) is 0 Å². The number of ether oxygens (including phenoxy) is 1. The first-order valence-corrected chi connectivity index (χ1v) is 7.07. The van der Waals surface area contributed by atoms with Crippen molar-refractivity contribution in [3.8, 4) is 0 Å². The number of allylic oxidation sites excluding steroid dienone is 6. The normalized spacial score (nSPS) is 20.1. The van der Waals surface area contributed by atoms with Gasteiger partial charge in [-0.15, -0.1) is 0 Å². The number of rotatable bonds is 2. The fourth-order valence-corrected chi connectivity index (χ4v) is 2.68. The zero-order chi connectivity index (χ0) is 14.7. The molecule has 0 radical (unpaired) electrons. The lowest BCUT2D eigenvalue weighted by molar-refractivity contribution is -0.112. The first-order valence-electron chi connectivity index (χ1n) is 7.07. The highest BCUT2D eigenvalue weighted by atomic mass is 16.5. The van der Waals surface area contributed by atoms with E-state index in [1.807, 2.05) is 30.4 Å². The van der Waals surface area contributed by atoms with Crippen LogP contribution in [0.2, 0.25) is 0 Å². The van der Waals surface area contributed by atoms with Gasteiger partial charge < -0.3 is 4.74 Å². The molecule has 1 aromatic rings. The molecule has 0 spiro atoms. The standard InChI is InChI=1S/C18H17NO2/c1-21-16-4-2-3-14-5-6-15(18(20)17(14)12-16)11-13-7-9-19-10-8-13/h2,4,7-12H,3,5-6H2,1H3. The van der Waals surface area contributed by atoms with Crippen LogP contribution in [0.4, 0.5) is 0 Å². The summed E-state index contributed by atoms with van der Waals surface area (Å²) >= 11 is 0. The Hall–Kier alpha value is -2.42. The molecular weight excluding hydrogens is 262 g/mol. The van der Waals surface area contributed by atoms with Crippen molar-refractivity contribution in [3.63, 3.8) is 0 Å². The molecule has 1 aromatic heterocycles. The number of ketones is 1. The van der Waals surface area contributed by atoms with Crippen LogP contribution in [0.1, 0.15) is 24.8 Å². The Kier molecular flexibility index (Phi) is 3.82. The van der Waals surface area contributed by atoms with Crippen LogP contribution in [0.15, 0.2) is 65.2 Å². The second kappa shape index (κ2) is 5.92. The summed E-state index contributed by atoms with van der Waals surface area (Å²) in [7, 11) is 1.63. The lowest BCUT2D eigenvalue weighted by atomic mass is 9.85. The average Bonchev–Trinajstić information content (AvgIpc) is 2.74. The van der Waals surface area contributed by atoms with Crippen molar-refractivity contribution in [2.45, 2.75) is 19.3 Å². The number of carbonyl (C=O) groups excluding carboxylic acids is 1. The highest BCUT2D eigenvalue weighted by Gasteiger charge is 2.24. The summed E-state index contributed by atoms with van der Waals surface area (Å²) in [4.78, 5) is 16.7. The predicted molar refractivity (Wildman–Crippen MR) is 82.3 cm³/mol. The third kappa shape index (κ3) is 2.87. The quantitative estimate of drug-likeness (QED) is 0.776. The van der Waals surface area contributed by atoms with Crippen LogP contribution in [-0.2, 0) is 9.53 Å². The summed E-state index contributed by atoms with van der Waals surface area (Å²) in [6.45, 7) is 0. The molecular formula is C18H17NO2. The smallest absolute Gasteiger partial charge is 0.189 e. The molecule has 106 valence electrons. The molecule has 0 aliphatic heterocycles. The first-order chi connectivity index (χ1) is 10.3. The minimum atomic E-state index is 0.117. The fraction of sp³-hybridized carbons (Fsp3) is 0.222. The number of hydrogen-bond donors (Lipinski definition) is 0. The van der Waals surface area contributed by atoms with Crippen LogP contribution in [0, 0.1) is 0 Å². The summed E-state index contributed by atoms with van der Waals surface area (Å²) in [5, 5.41) is 0. The van der Waals surface area contributed by atoms with Crippen molar-refractivity contribution < 1.29 is 9.53 Å². The summed E-state index contributed by atoms with van der Waals surface area (Å²) in [5.41, 5.74) is 3.87. The molecule has 0 unspecified atom stereocenters. The van der Waals surface area contributed by atoms with E-state index in [2.05, 4.69) is 11.1 Å². The molecule has 0 aromatic carbocycles. The van der Waals surface area contributed by atoms with Crippen molar-refractivity contribution in [3.05, 3.63) is 70.8 Å². The molecule has 1 heterocycles. The molecule has 0 atom stereocenters. The zero-order valence-corrected chi connectivity index (χ0v) is 12.0. The van der Waals surface area contributed by atoms with Crippen LogP contribution in [0.3, 0.4) is 0 Å². The molecule has 3 rings (SSSR count). The van der Waals surface area contributed by atoms with E-state index >= 15 is 0 Å². The van der Waals surface area contributed by atoms with E-state index in [1.165, 1.54) is 5.57 Å². The van der Waals surface area contributed by atoms with Gasteiger partial charge in [-0.1, -0.05) is 11.6 Å². The molecule has 2 aliphatic rings. The number of methoxy groups -OCH3 is 1. The predicted octanol–water partition coefficient (Wildman–Crippen LogP) is 3.61. The molecule has 0 saturated carbocycles. The van der Waals surface area contributed by atoms with Crippen molar-refractivity contribution >= 4 is 11.9 Å². The van der Waals surface area contributed by atoms with Gasteiger partial charge in [0.15, 0.2) is 5.78 Å². The van der Waals surface area contributed by atoms with Gasteiger partial charge in [0.1, 0.15) is 5.76 Å². The van der Waals surface area contributed by atoms with Gasteiger partial charge >= 0.3 is 0 Å². The number of nitrogens with zero attached hydrogens (tertiary/aromatic N) is 1. The molecule has 2 aliphatic carbocycles. The topological polar surface area (TPSA) is 39.2 Å². The van der Waals surface area contributed by atoms with E-state index in [4.69, 9.17) is 4.74 Å². The molecule has 21 heavy (non-hydrogen) atoms. The third-order valence-electron chi connectivity index (χ3n) is 3.83. The van der Waals surface area contributed by atoms with Crippen LogP contribution in [0.25, 0.3) is 6.08 Å². The van der Waals surface area contributed by atoms with E-state index in [-0.39, 0.29) is 5.78 Å². The molecule has 0 saturated heterocycles. The zero-order valence-electron chi connectivity index (χ0n) is 12.0. The second-order valence-electron chi connectivity index (χ2n) is 5.15. The van der Waals surface area contributed by atoms with Gasteiger partial charge in [0, 0.05) is 23.5 Å². The van der Waals surface area contributed by atoms with Gasteiger partial charge in [-0.2, -0.15) is 0 Å². The van der Waals surface area contributed by atoms with E-state index in [9.17, 15) is 4.79 Å². The average molecular weight is 279 g/mol. The molecule has 3 nitrogen and oxygen atoms in total. The number of pyridine rings is 1. The maximum absolute atomic E-state index is 12.7. The Morgan fingerprint density at radius 3 is 2.81 bits per heavy atom. The Bertz CT molecular complexity index is 678. The third-order valence-corrected chi connectivity index (χ3v) is 3.83. The van der Waals surface area contributed by atoms with E-state index < -0.39 is 0 Å². The minimum Gasteiger partial charge on any atom is -0.497 e. The largest absolute Gasteiger partial charge is 0.497 e. The summed E-state index contributed by atoms with van der Waals surface area (Å²) in [6, 6.07) is 3.82. The lowest BCUT2D eigenvalue weighted by Gasteiger charge is -2.18. The highest BCUT2D eigenvalue weighted by Crippen LogP contribution is 2.32. The van der Waals surface area contributed by atoms with E-state index in [1.54, 1.807) is 19.5 Å². The van der Waals surface area contributed by atoms with Gasteiger partial charge in [-0.25, -0.2) is 0 Å². The summed E-state index contributed by atoms with van der Waals surface area (Å²) in [5.74, 6) is 0.852. The minimum absolute atomic E-state index is 0.117. The maximum atomic E-state index is 12.7. The van der Waals surface area contributed by atoms with Gasteiger partial charge in [-0.3, -0.25) is 9.78 Å². The van der Waals surface area contributed by atoms with Crippen LogP contribution in [0.5, 0.6) is 0 Å². The van der Waals surface area contributed by atoms with Crippen molar-refractivity contribution in [2.75, 3.05) is 7.11 Å². The maximum Gasteiger partial charge on any atom is 0.189 e. The van der Waals surface area contributed by atoms with Gasteiger partial charge in [0.05, 0.1) is 7.11 Å². The first kappa shape index (κ1) is 13.6.